The van der Waals surface area contributed by atoms with Crippen LogP contribution in [0, 0.1) is 6.92 Å². The minimum atomic E-state index is 0.329. The highest BCUT2D eigenvalue weighted by Gasteiger charge is 2.10. The van der Waals surface area contributed by atoms with Gasteiger partial charge in [-0.05, 0) is 18.6 Å². The number of rotatable bonds is 5. The average Bonchev–Trinajstić information content (AvgIpc) is 3.11. The van der Waals surface area contributed by atoms with Crippen molar-refractivity contribution < 1.29 is 4.52 Å². The molecule has 0 radical (unpaired) electrons. The van der Waals surface area contributed by atoms with Crippen LogP contribution in [0.1, 0.15) is 30.6 Å². The Kier molecular flexibility index (Phi) is 3.72. The topological polar surface area (TPSA) is 82.5 Å². The van der Waals surface area contributed by atoms with Crippen molar-refractivity contribution in [2.24, 2.45) is 0 Å². The van der Waals surface area contributed by atoms with Crippen molar-refractivity contribution in [2.75, 3.05) is 0 Å². The van der Waals surface area contributed by atoms with E-state index in [0.29, 0.717) is 24.1 Å². The highest BCUT2D eigenvalue weighted by atomic mass is 16.5. The molecule has 2 heterocycles. The Morgan fingerprint density at radius 2 is 2.00 bits per heavy atom. The summed E-state index contributed by atoms with van der Waals surface area (Å²) in [6.45, 7) is 4.44. The van der Waals surface area contributed by atoms with Gasteiger partial charge in [0.2, 0.25) is 11.7 Å². The molecule has 3 aromatic rings. The van der Waals surface area contributed by atoms with E-state index in [2.05, 4.69) is 32.5 Å². The fourth-order valence-electron chi connectivity index (χ4n) is 1.93. The van der Waals surface area contributed by atoms with Crippen molar-refractivity contribution >= 4 is 0 Å². The fraction of sp³-hybridized carbons (Fsp3) is 0.357. The fourth-order valence-corrected chi connectivity index (χ4v) is 1.93. The third kappa shape index (κ3) is 3.13. The SMILES string of the molecule is CCCc1noc(Cn2nnc(-c3ccc(C)cc3)n2)n1. The van der Waals surface area contributed by atoms with Crippen LogP contribution in [0.2, 0.25) is 0 Å². The maximum absolute atomic E-state index is 5.16. The predicted molar refractivity (Wildman–Crippen MR) is 75.4 cm³/mol. The average molecular weight is 284 g/mol. The zero-order valence-electron chi connectivity index (χ0n) is 12.0. The number of tetrazole rings is 1. The van der Waals surface area contributed by atoms with Gasteiger partial charge in [-0.2, -0.15) is 9.78 Å². The van der Waals surface area contributed by atoms with Crippen LogP contribution in [0.15, 0.2) is 28.8 Å². The molecule has 0 atom stereocenters. The Labute approximate surface area is 122 Å². The first kappa shape index (κ1) is 13.4. The largest absolute Gasteiger partial charge is 0.337 e. The van der Waals surface area contributed by atoms with E-state index < -0.39 is 0 Å². The van der Waals surface area contributed by atoms with Crippen molar-refractivity contribution in [1.29, 1.82) is 0 Å². The van der Waals surface area contributed by atoms with Crippen molar-refractivity contribution in [1.82, 2.24) is 30.3 Å². The molecule has 0 N–H and O–H groups in total. The van der Waals surface area contributed by atoms with E-state index in [4.69, 9.17) is 4.52 Å². The monoisotopic (exact) mass is 284 g/mol. The molecule has 3 rings (SSSR count). The molecule has 0 saturated heterocycles. The van der Waals surface area contributed by atoms with Gasteiger partial charge >= 0.3 is 0 Å². The number of hydrogen-bond acceptors (Lipinski definition) is 6. The molecular formula is C14H16N6O. The molecule has 21 heavy (non-hydrogen) atoms. The summed E-state index contributed by atoms with van der Waals surface area (Å²) in [6, 6.07) is 7.99. The Morgan fingerprint density at radius 1 is 1.19 bits per heavy atom. The summed E-state index contributed by atoms with van der Waals surface area (Å²) in [4.78, 5) is 5.74. The standard InChI is InChI=1S/C14H16N6O/c1-3-4-12-15-13(21-18-12)9-20-17-14(16-19-20)11-7-5-10(2)6-8-11/h5-8H,3-4,9H2,1-2H3. The summed E-state index contributed by atoms with van der Waals surface area (Å²) in [5.74, 6) is 1.79. The van der Waals surface area contributed by atoms with Crippen LogP contribution in [0.25, 0.3) is 11.4 Å². The molecule has 7 heteroatoms. The first-order valence-corrected chi connectivity index (χ1v) is 6.91. The first-order chi connectivity index (χ1) is 10.2. The maximum atomic E-state index is 5.16. The summed E-state index contributed by atoms with van der Waals surface area (Å²) in [6.07, 6.45) is 1.79. The van der Waals surface area contributed by atoms with Crippen molar-refractivity contribution in [3.8, 4) is 11.4 Å². The van der Waals surface area contributed by atoms with Crippen LogP contribution in [0.3, 0.4) is 0 Å². The second-order valence-electron chi connectivity index (χ2n) is 4.86. The van der Waals surface area contributed by atoms with Crippen molar-refractivity contribution in [2.45, 2.75) is 33.2 Å². The van der Waals surface area contributed by atoms with E-state index in [0.717, 1.165) is 18.4 Å². The predicted octanol–water partition coefficient (Wildman–Crippen LogP) is 2.03. The Morgan fingerprint density at radius 3 is 2.76 bits per heavy atom. The molecule has 2 aromatic heterocycles. The highest BCUT2D eigenvalue weighted by Crippen LogP contribution is 2.14. The van der Waals surface area contributed by atoms with Crippen LogP contribution in [-0.2, 0) is 13.0 Å². The molecule has 0 amide bonds. The van der Waals surface area contributed by atoms with Gasteiger partial charge in [-0.25, -0.2) is 0 Å². The summed E-state index contributed by atoms with van der Waals surface area (Å²) >= 11 is 0. The number of hydrogen-bond donors (Lipinski definition) is 0. The van der Waals surface area contributed by atoms with Gasteiger partial charge in [0.1, 0.15) is 6.54 Å². The van der Waals surface area contributed by atoms with Gasteiger partial charge < -0.3 is 4.52 Å². The molecule has 0 unspecified atom stereocenters. The van der Waals surface area contributed by atoms with Gasteiger partial charge in [0.15, 0.2) is 5.82 Å². The summed E-state index contributed by atoms with van der Waals surface area (Å²) < 4.78 is 5.16. The summed E-state index contributed by atoms with van der Waals surface area (Å²) in [5.41, 5.74) is 2.13. The number of aromatic nitrogens is 6. The van der Waals surface area contributed by atoms with Crippen LogP contribution in [0.4, 0.5) is 0 Å². The number of benzene rings is 1. The smallest absolute Gasteiger partial charge is 0.250 e. The molecule has 0 aliphatic heterocycles. The lowest BCUT2D eigenvalue weighted by Crippen LogP contribution is -2.04. The summed E-state index contributed by atoms with van der Waals surface area (Å²) in [7, 11) is 0. The van der Waals surface area contributed by atoms with Crippen LogP contribution >= 0.6 is 0 Å². The van der Waals surface area contributed by atoms with Gasteiger partial charge in [0.05, 0.1) is 0 Å². The molecule has 7 nitrogen and oxygen atoms in total. The van der Waals surface area contributed by atoms with Gasteiger partial charge in [-0.15, -0.1) is 10.2 Å². The Bertz CT molecular complexity index is 715. The molecule has 0 saturated carbocycles. The van der Waals surface area contributed by atoms with E-state index in [9.17, 15) is 0 Å². The van der Waals surface area contributed by atoms with Gasteiger partial charge in [-0.3, -0.25) is 0 Å². The summed E-state index contributed by atoms with van der Waals surface area (Å²) in [5, 5.41) is 16.3. The van der Waals surface area contributed by atoms with E-state index in [1.807, 2.05) is 31.2 Å². The van der Waals surface area contributed by atoms with Crippen LogP contribution in [-0.4, -0.2) is 30.3 Å². The molecule has 0 aliphatic carbocycles. The third-order valence-corrected chi connectivity index (χ3v) is 3.02. The van der Waals surface area contributed by atoms with E-state index in [-0.39, 0.29) is 0 Å². The van der Waals surface area contributed by atoms with Gasteiger partial charge in [0, 0.05) is 12.0 Å². The second kappa shape index (κ2) is 5.82. The normalized spacial score (nSPS) is 11.0. The maximum Gasteiger partial charge on any atom is 0.250 e. The van der Waals surface area contributed by atoms with Crippen molar-refractivity contribution in [3.05, 3.63) is 41.5 Å². The lowest BCUT2D eigenvalue weighted by Gasteiger charge is -1.95. The van der Waals surface area contributed by atoms with Gasteiger partial charge in [0.25, 0.3) is 0 Å². The minimum absolute atomic E-state index is 0.329. The number of nitrogens with zero attached hydrogens (tertiary/aromatic N) is 6. The van der Waals surface area contributed by atoms with Crippen LogP contribution < -0.4 is 0 Å². The zero-order chi connectivity index (χ0) is 14.7. The Balaban J connectivity index is 1.73. The third-order valence-electron chi connectivity index (χ3n) is 3.02. The van der Waals surface area contributed by atoms with Crippen LogP contribution in [0.5, 0.6) is 0 Å². The molecular weight excluding hydrogens is 268 g/mol. The molecule has 0 bridgehead atoms. The Hall–Kier alpha value is -2.57. The van der Waals surface area contributed by atoms with E-state index in [1.165, 1.54) is 10.4 Å². The van der Waals surface area contributed by atoms with E-state index in [1.54, 1.807) is 0 Å². The number of aryl methyl sites for hydroxylation is 2. The van der Waals surface area contributed by atoms with Crippen molar-refractivity contribution in [3.63, 3.8) is 0 Å². The molecule has 0 fully saturated rings. The molecule has 108 valence electrons. The second-order valence-corrected chi connectivity index (χ2v) is 4.86. The zero-order valence-corrected chi connectivity index (χ0v) is 12.0. The van der Waals surface area contributed by atoms with Gasteiger partial charge in [-0.1, -0.05) is 41.9 Å². The lowest BCUT2D eigenvalue weighted by atomic mass is 10.1. The highest BCUT2D eigenvalue weighted by molar-refractivity contribution is 5.53. The molecule has 0 spiro atoms. The lowest BCUT2D eigenvalue weighted by molar-refractivity contribution is 0.352. The first-order valence-electron chi connectivity index (χ1n) is 6.91. The minimum Gasteiger partial charge on any atom is -0.337 e. The molecule has 0 aliphatic rings. The van der Waals surface area contributed by atoms with E-state index >= 15 is 0 Å². The molecule has 1 aromatic carbocycles. The quantitative estimate of drug-likeness (QED) is 0.713.